The van der Waals surface area contributed by atoms with Crippen molar-refractivity contribution in [3.05, 3.63) is 77.9 Å². The van der Waals surface area contributed by atoms with Gasteiger partial charge < -0.3 is 33.7 Å². The second kappa shape index (κ2) is 9.95. The molecule has 5 atom stereocenters. The number of fused-ring (bicyclic) bond motifs is 3. The number of rotatable bonds is 7. The first-order chi connectivity index (χ1) is 17.2. The van der Waals surface area contributed by atoms with E-state index in [1.165, 1.54) is 6.08 Å². The molecule has 3 aliphatic rings. The zero-order valence-corrected chi connectivity index (χ0v) is 21.0. The highest BCUT2D eigenvalue weighted by Crippen LogP contribution is 2.44. The molecule has 8 heteroatoms. The number of nitrogens with one attached hydrogen (secondary N) is 1. The molecule has 0 saturated carbocycles. The maximum Gasteiger partial charge on any atom is 0.332 e. The van der Waals surface area contributed by atoms with Gasteiger partial charge in [-0.25, -0.2) is 4.79 Å². The molecule has 2 aromatic rings. The number of ether oxygens (including phenoxy) is 6. The van der Waals surface area contributed by atoms with E-state index in [1.807, 2.05) is 88.4 Å². The molecule has 0 radical (unpaired) electrons. The largest absolute Gasteiger partial charge is 0.460 e. The summed E-state index contributed by atoms with van der Waals surface area (Å²) >= 11 is 0. The third-order valence-corrected chi connectivity index (χ3v) is 6.31. The van der Waals surface area contributed by atoms with E-state index in [9.17, 15) is 4.79 Å². The van der Waals surface area contributed by atoms with Gasteiger partial charge in [0, 0.05) is 18.3 Å². The molecule has 3 fully saturated rings. The lowest BCUT2D eigenvalue weighted by Crippen LogP contribution is -2.56. The number of carbonyl (C=O) groups excluding carboxylic acids is 1. The molecule has 3 heterocycles. The molecule has 0 spiro atoms. The first-order valence-corrected chi connectivity index (χ1v) is 12.3. The van der Waals surface area contributed by atoms with Crippen LogP contribution in [0.3, 0.4) is 0 Å². The Morgan fingerprint density at radius 1 is 0.861 bits per heavy atom. The smallest absolute Gasteiger partial charge is 0.332 e. The van der Waals surface area contributed by atoms with Crippen molar-refractivity contribution in [3.8, 4) is 0 Å². The summed E-state index contributed by atoms with van der Waals surface area (Å²) in [7, 11) is 0. The van der Waals surface area contributed by atoms with Gasteiger partial charge in [0.2, 0.25) is 0 Å². The summed E-state index contributed by atoms with van der Waals surface area (Å²) in [6.07, 6.45) is -1.01. The second-order valence-electron chi connectivity index (χ2n) is 10.1. The molecule has 192 valence electrons. The van der Waals surface area contributed by atoms with Crippen LogP contribution < -0.4 is 5.32 Å². The van der Waals surface area contributed by atoms with Gasteiger partial charge in [-0.2, -0.15) is 0 Å². The Morgan fingerprint density at radius 2 is 1.47 bits per heavy atom. The second-order valence-corrected chi connectivity index (χ2v) is 10.1. The summed E-state index contributed by atoms with van der Waals surface area (Å²) in [5.41, 5.74) is 2.66. The maximum atomic E-state index is 12.9. The molecule has 0 aromatic heterocycles. The van der Waals surface area contributed by atoms with Crippen molar-refractivity contribution >= 4 is 11.7 Å². The minimum absolute atomic E-state index is 0.0102. The lowest BCUT2D eigenvalue weighted by Gasteiger charge is -2.36. The normalized spacial score (nSPS) is 30.3. The Morgan fingerprint density at radius 3 is 2.19 bits per heavy atom. The topological polar surface area (TPSA) is 84.5 Å². The zero-order chi connectivity index (χ0) is 25.3. The van der Waals surface area contributed by atoms with E-state index in [4.69, 9.17) is 28.4 Å². The highest BCUT2D eigenvalue weighted by molar-refractivity contribution is 5.90. The molecule has 0 unspecified atom stereocenters. The van der Waals surface area contributed by atoms with Crippen LogP contribution in [-0.2, 0) is 39.8 Å². The molecule has 5 rings (SSSR count). The van der Waals surface area contributed by atoms with E-state index in [0.29, 0.717) is 12.2 Å². The lowest BCUT2D eigenvalue weighted by molar-refractivity contribution is -0.242. The van der Waals surface area contributed by atoms with E-state index >= 15 is 0 Å². The van der Waals surface area contributed by atoms with Crippen molar-refractivity contribution in [2.45, 2.75) is 76.5 Å². The van der Waals surface area contributed by atoms with Crippen molar-refractivity contribution in [3.63, 3.8) is 0 Å². The third-order valence-electron chi connectivity index (χ3n) is 6.31. The minimum Gasteiger partial charge on any atom is -0.460 e. The summed E-state index contributed by atoms with van der Waals surface area (Å²) in [6.45, 7) is 7.91. The molecular weight excluding hydrogens is 462 g/mol. The van der Waals surface area contributed by atoms with Crippen LogP contribution in [0.1, 0.15) is 38.8 Å². The van der Waals surface area contributed by atoms with Gasteiger partial charge in [-0.05, 0) is 38.8 Å². The van der Waals surface area contributed by atoms with Crippen LogP contribution in [0.2, 0.25) is 0 Å². The van der Waals surface area contributed by atoms with E-state index in [-0.39, 0.29) is 6.61 Å². The summed E-state index contributed by atoms with van der Waals surface area (Å²) in [6, 6.07) is 19.7. The number of esters is 1. The fourth-order valence-corrected chi connectivity index (χ4v) is 4.80. The van der Waals surface area contributed by atoms with Crippen molar-refractivity contribution in [1.29, 1.82) is 0 Å². The Bertz CT molecular complexity index is 1090. The van der Waals surface area contributed by atoms with E-state index in [0.717, 1.165) is 11.1 Å². The fraction of sp³-hybridized carbons (Fsp3) is 0.464. The average Bonchev–Trinajstić information content (AvgIpc) is 3.35. The Hall–Kier alpha value is -2.75. The highest BCUT2D eigenvalue weighted by atomic mass is 16.9. The van der Waals surface area contributed by atoms with Crippen LogP contribution in [0.15, 0.2) is 66.7 Å². The first kappa shape index (κ1) is 24.9. The molecule has 2 aromatic carbocycles. The minimum atomic E-state index is -0.812. The van der Waals surface area contributed by atoms with Crippen molar-refractivity contribution in [2.75, 3.05) is 6.61 Å². The van der Waals surface area contributed by atoms with E-state index in [1.54, 1.807) is 0 Å². The Labute approximate surface area is 211 Å². The van der Waals surface area contributed by atoms with E-state index in [2.05, 4.69) is 5.32 Å². The fourth-order valence-electron chi connectivity index (χ4n) is 4.80. The molecule has 0 bridgehead atoms. The SMILES string of the molecule is CC1(C)O[C@H]2[C@@H](O1)[C@@H](COC(=O)/C=C(/NCc1ccccc1)c1ccccc1)O[C@@H]1OC(C)(C)O[C@@H]12. The lowest BCUT2D eigenvalue weighted by atomic mass is 9.99. The number of benzene rings is 2. The monoisotopic (exact) mass is 495 g/mol. The van der Waals surface area contributed by atoms with Crippen molar-refractivity contribution in [1.82, 2.24) is 5.32 Å². The van der Waals surface area contributed by atoms with Gasteiger partial charge in [-0.1, -0.05) is 60.7 Å². The quantitative estimate of drug-likeness (QED) is 0.459. The number of hydrogen-bond donors (Lipinski definition) is 1. The summed E-state index contributed by atoms with van der Waals surface area (Å²) in [4.78, 5) is 12.9. The summed E-state index contributed by atoms with van der Waals surface area (Å²) in [5.74, 6) is -2.11. The highest BCUT2D eigenvalue weighted by Gasteiger charge is 2.60. The Balaban J connectivity index is 1.28. The predicted molar refractivity (Wildman–Crippen MR) is 131 cm³/mol. The molecule has 1 N–H and O–H groups in total. The van der Waals surface area contributed by atoms with Gasteiger partial charge in [0.05, 0.1) is 0 Å². The molecule has 3 saturated heterocycles. The standard InChI is InChI=1S/C28H33NO7/c1-27(2)33-23-21(32-26-25(24(23)34-27)35-28(3,4)36-26)17-31-22(30)15-20(19-13-9-6-10-14-19)29-16-18-11-7-5-8-12-18/h5-15,21,23-26,29H,16-17H2,1-4H3/b20-15+/t21-,23+,24+,25-,26-/m1/s1. The maximum absolute atomic E-state index is 12.9. The summed E-state index contributed by atoms with van der Waals surface area (Å²) in [5, 5.41) is 3.36. The number of carbonyl (C=O) groups is 1. The molecule has 3 aliphatic heterocycles. The molecule has 0 aliphatic carbocycles. The Kier molecular flexibility index (Phi) is 6.89. The number of hydrogen-bond acceptors (Lipinski definition) is 8. The zero-order valence-electron chi connectivity index (χ0n) is 21.0. The van der Waals surface area contributed by atoms with Gasteiger partial charge in [0.15, 0.2) is 17.9 Å². The van der Waals surface area contributed by atoms with E-state index < -0.39 is 48.2 Å². The van der Waals surface area contributed by atoms with Gasteiger partial charge in [0.25, 0.3) is 0 Å². The molecule has 0 amide bonds. The van der Waals surface area contributed by atoms with Crippen molar-refractivity contribution in [2.24, 2.45) is 0 Å². The van der Waals surface area contributed by atoms with Gasteiger partial charge in [0.1, 0.15) is 31.0 Å². The molecule has 36 heavy (non-hydrogen) atoms. The first-order valence-electron chi connectivity index (χ1n) is 12.3. The van der Waals surface area contributed by atoms with Crippen LogP contribution in [-0.4, -0.2) is 54.9 Å². The van der Waals surface area contributed by atoms with Crippen LogP contribution >= 0.6 is 0 Å². The molecular formula is C28H33NO7. The third kappa shape index (κ3) is 5.63. The van der Waals surface area contributed by atoms with Gasteiger partial charge in [-0.3, -0.25) is 0 Å². The molecule has 8 nitrogen and oxygen atoms in total. The average molecular weight is 496 g/mol. The van der Waals surface area contributed by atoms with Gasteiger partial charge >= 0.3 is 5.97 Å². The van der Waals surface area contributed by atoms with Crippen LogP contribution in [0.4, 0.5) is 0 Å². The predicted octanol–water partition coefficient (Wildman–Crippen LogP) is 3.76. The van der Waals surface area contributed by atoms with Crippen LogP contribution in [0.5, 0.6) is 0 Å². The summed E-state index contributed by atoms with van der Waals surface area (Å²) < 4.78 is 36.0. The van der Waals surface area contributed by atoms with Crippen LogP contribution in [0, 0.1) is 0 Å². The van der Waals surface area contributed by atoms with Crippen molar-refractivity contribution < 1.29 is 33.2 Å². The van der Waals surface area contributed by atoms with Crippen LogP contribution in [0.25, 0.3) is 5.70 Å². The van der Waals surface area contributed by atoms with Gasteiger partial charge in [-0.15, -0.1) is 0 Å².